The summed E-state index contributed by atoms with van der Waals surface area (Å²) in [7, 11) is 0. The van der Waals surface area contributed by atoms with Crippen LogP contribution in [0.3, 0.4) is 0 Å². The number of nitrogens with zero attached hydrogens (tertiary/aromatic N) is 2. The van der Waals surface area contributed by atoms with Crippen LogP contribution in [0.4, 0.5) is 0 Å². The van der Waals surface area contributed by atoms with E-state index in [4.69, 9.17) is 27.9 Å². The van der Waals surface area contributed by atoms with Gasteiger partial charge in [0, 0.05) is 28.2 Å². The molecule has 1 unspecified atom stereocenters. The number of imidazole rings is 1. The van der Waals surface area contributed by atoms with Crippen molar-refractivity contribution in [2.24, 2.45) is 0 Å². The van der Waals surface area contributed by atoms with Crippen LogP contribution < -0.4 is 0 Å². The van der Waals surface area contributed by atoms with E-state index in [1.54, 1.807) is 12.3 Å². The topological polar surface area (TPSA) is 27.1 Å². The van der Waals surface area contributed by atoms with Crippen molar-refractivity contribution in [2.75, 3.05) is 11.5 Å². The van der Waals surface area contributed by atoms with E-state index in [0.717, 1.165) is 17.9 Å². The SMILES string of the molecule is CCCCSCC(Cn1ccnc1)OCc1ccc(Cl)cc1Cl. The molecule has 1 atom stereocenters. The zero-order valence-corrected chi connectivity index (χ0v) is 15.6. The quantitative estimate of drug-likeness (QED) is 0.528. The Labute approximate surface area is 152 Å². The molecule has 0 aliphatic heterocycles. The van der Waals surface area contributed by atoms with Gasteiger partial charge in [0.1, 0.15) is 0 Å². The molecule has 6 heteroatoms. The van der Waals surface area contributed by atoms with E-state index in [0.29, 0.717) is 16.7 Å². The zero-order valence-electron chi connectivity index (χ0n) is 13.3. The number of thioether (sulfide) groups is 1. The van der Waals surface area contributed by atoms with Gasteiger partial charge in [0.25, 0.3) is 0 Å². The van der Waals surface area contributed by atoms with Crippen LogP contribution in [0.5, 0.6) is 0 Å². The fourth-order valence-electron chi connectivity index (χ4n) is 2.09. The molecule has 0 saturated heterocycles. The van der Waals surface area contributed by atoms with Gasteiger partial charge in [0.05, 0.1) is 25.6 Å². The van der Waals surface area contributed by atoms with E-state index < -0.39 is 0 Å². The van der Waals surface area contributed by atoms with E-state index in [1.807, 2.05) is 36.4 Å². The third-order valence-corrected chi connectivity index (χ3v) is 5.18. The first kappa shape index (κ1) is 18.7. The van der Waals surface area contributed by atoms with Crippen molar-refractivity contribution < 1.29 is 4.74 Å². The molecular weight excluding hydrogens is 351 g/mol. The average Bonchev–Trinajstić information content (AvgIpc) is 3.03. The van der Waals surface area contributed by atoms with Gasteiger partial charge in [-0.1, -0.05) is 42.6 Å². The molecule has 0 amide bonds. The maximum atomic E-state index is 6.22. The first-order valence-electron chi connectivity index (χ1n) is 7.78. The van der Waals surface area contributed by atoms with Gasteiger partial charge >= 0.3 is 0 Å². The molecule has 126 valence electrons. The second-order valence-electron chi connectivity index (χ2n) is 5.36. The molecule has 0 saturated carbocycles. The second-order valence-corrected chi connectivity index (χ2v) is 7.35. The van der Waals surface area contributed by atoms with Crippen molar-refractivity contribution >= 4 is 35.0 Å². The van der Waals surface area contributed by atoms with Crippen molar-refractivity contribution in [3.8, 4) is 0 Å². The molecule has 0 N–H and O–H groups in total. The van der Waals surface area contributed by atoms with Crippen molar-refractivity contribution in [1.82, 2.24) is 9.55 Å². The summed E-state index contributed by atoms with van der Waals surface area (Å²) >= 11 is 14.1. The number of halogens is 2. The van der Waals surface area contributed by atoms with E-state index in [9.17, 15) is 0 Å². The van der Waals surface area contributed by atoms with Gasteiger partial charge in [0.2, 0.25) is 0 Å². The van der Waals surface area contributed by atoms with Crippen molar-refractivity contribution in [1.29, 1.82) is 0 Å². The number of hydrogen-bond donors (Lipinski definition) is 0. The molecule has 2 aromatic rings. The van der Waals surface area contributed by atoms with Gasteiger partial charge in [-0.2, -0.15) is 11.8 Å². The van der Waals surface area contributed by atoms with Crippen LogP contribution in [0.2, 0.25) is 10.0 Å². The van der Waals surface area contributed by atoms with Crippen LogP contribution in [-0.2, 0) is 17.9 Å². The summed E-state index contributed by atoms with van der Waals surface area (Å²) in [6.07, 6.45) is 8.16. The predicted octanol–water partition coefficient (Wildman–Crippen LogP) is 5.31. The lowest BCUT2D eigenvalue weighted by molar-refractivity contribution is 0.0451. The van der Waals surface area contributed by atoms with Crippen LogP contribution in [0.25, 0.3) is 0 Å². The molecule has 0 aliphatic carbocycles. The van der Waals surface area contributed by atoms with Crippen molar-refractivity contribution in [2.45, 2.75) is 39.0 Å². The molecule has 0 radical (unpaired) electrons. The first-order valence-corrected chi connectivity index (χ1v) is 9.69. The number of unbranched alkanes of at least 4 members (excludes halogenated alkanes) is 1. The summed E-state index contributed by atoms with van der Waals surface area (Å²) in [5.41, 5.74) is 0.963. The van der Waals surface area contributed by atoms with Crippen LogP contribution >= 0.6 is 35.0 Å². The number of benzene rings is 1. The maximum absolute atomic E-state index is 6.22. The van der Waals surface area contributed by atoms with E-state index in [2.05, 4.69) is 16.5 Å². The van der Waals surface area contributed by atoms with Gasteiger partial charge in [-0.15, -0.1) is 0 Å². The summed E-state index contributed by atoms with van der Waals surface area (Å²) in [6.45, 7) is 3.50. The summed E-state index contributed by atoms with van der Waals surface area (Å²) in [5, 5.41) is 1.29. The zero-order chi connectivity index (χ0) is 16.5. The Kier molecular flexibility index (Phi) is 8.31. The normalized spacial score (nSPS) is 12.5. The molecule has 0 aliphatic rings. The number of hydrogen-bond acceptors (Lipinski definition) is 3. The molecule has 0 spiro atoms. The minimum Gasteiger partial charge on any atom is -0.371 e. The van der Waals surface area contributed by atoms with E-state index >= 15 is 0 Å². The summed E-state index contributed by atoms with van der Waals surface area (Å²) in [5.74, 6) is 2.13. The Balaban J connectivity index is 1.90. The van der Waals surface area contributed by atoms with E-state index in [1.165, 1.54) is 18.6 Å². The third kappa shape index (κ3) is 6.76. The molecule has 2 rings (SSSR count). The second kappa shape index (κ2) is 10.2. The summed E-state index contributed by atoms with van der Waals surface area (Å²) in [4.78, 5) is 4.09. The van der Waals surface area contributed by atoms with Gasteiger partial charge < -0.3 is 9.30 Å². The first-order chi connectivity index (χ1) is 11.2. The molecule has 0 fully saturated rings. The highest BCUT2D eigenvalue weighted by atomic mass is 35.5. The molecule has 0 bridgehead atoms. The predicted molar refractivity (Wildman–Crippen MR) is 99.5 cm³/mol. The average molecular weight is 373 g/mol. The van der Waals surface area contributed by atoms with Crippen molar-refractivity contribution in [3.63, 3.8) is 0 Å². The van der Waals surface area contributed by atoms with Gasteiger partial charge in [-0.3, -0.25) is 0 Å². The molecule has 23 heavy (non-hydrogen) atoms. The highest BCUT2D eigenvalue weighted by molar-refractivity contribution is 7.99. The fourth-order valence-corrected chi connectivity index (χ4v) is 3.68. The number of rotatable bonds is 10. The van der Waals surface area contributed by atoms with Crippen LogP contribution in [0, 0.1) is 0 Å². The summed E-state index contributed by atoms with van der Waals surface area (Å²) < 4.78 is 8.16. The minimum atomic E-state index is 0.123. The highest BCUT2D eigenvalue weighted by Crippen LogP contribution is 2.22. The van der Waals surface area contributed by atoms with Gasteiger partial charge in [0.15, 0.2) is 0 Å². The smallest absolute Gasteiger partial charge is 0.0946 e. The lowest BCUT2D eigenvalue weighted by atomic mass is 10.2. The lowest BCUT2D eigenvalue weighted by Crippen LogP contribution is -2.22. The Morgan fingerprint density at radius 2 is 2.22 bits per heavy atom. The third-order valence-electron chi connectivity index (χ3n) is 3.41. The van der Waals surface area contributed by atoms with Gasteiger partial charge in [-0.25, -0.2) is 4.98 Å². The van der Waals surface area contributed by atoms with Crippen molar-refractivity contribution in [3.05, 3.63) is 52.5 Å². The molecule has 3 nitrogen and oxygen atoms in total. The fraction of sp³-hybridized carbons (Fsp3) is 0.471. The molecular formula is C17H22Cl2N2OS. The summed E-state index contributed by atoms with van der Waals surface area (Å²) in [6, 6.07) is 5.51. The Bertz CT molecular complexity index is 578. The Morgan fingerprint density at radius 1 is 1.35 bits per heavy atom. The van der Waals surface area contributed by atoms with E-state index in [-0.39, 0.29) is 6.10 Å². The van der Waals surface area contributed by atoms with Gasteiger partial charge in [-0.05, 0) is 29.9 Å². The standard InChI is InChI=1S/C17H22Cl2N2OS/c1-2-3-8-23-12-16(10-21-7-6-20-13-21)22-11-14-4-5-15(18)9-17(14)19/h4-7,9,13,16H,2-3,8,10-12H2,1H3. The monoisotopic (exact) mass is 372 g/mol. The lowest BCUT2D eigenvalue weighted by Gasteiger charge is -2.19. The molecule has 1 heterocycles. The van der Waals surface area contributed by atoms with Crippen LogP contribution in [0.15, 0.2) is 36.9 Å². The number of ether oxygens (including phenoxy) is 1. The largest absolute Gasteiger partial charge is 0.371 e. The molecule has 1 aromatic heterocycles. The highest BCUT2D eigenvalue weighted by Gasteiger charge is 2.12. The Hall–Kier alpha value is -0.680. The number of aromatic nitrogens is 2. The van der Waals surface area contributed by atoms with Crippen LogP contribution in [0.1, 0.15) is 25.3 Å². The molecule has 1 aromatic carbocycles. The van der Waals surface area contributed by atoms with Crippen LogP contribution in [-0.4, -0.2) is 27.2 Å². The Morgan fingerprint density at radius 3 is 2.91 bits per heavy atom. The maximum Gasteiger partial charge on any atom is 0.0946 e. The minimum absolute atomic E-state index is 0.123.